The molecule has 0 saturated heterocycles. The third-order valence-electron chi connectivity index (χ3n) is 5.15. The largest absolute Gasteiger partial charge is 0.322 e. The van der Waals surface area contributed by atoms with Crippen LogP contribution in [0.25, 0.3) is 6.08 Å². The van der Waals surface area contributed by atoms with Gasteiger partial charge in [-0.3, -0.25) is 9.59 Å². The van der Waals surface area contributed by atoms with Gasteiger partial charge in [-0.25, -0.2) is 8.78 Å². The molecular formula is C26H30F2N2O2. The Labute approximate surface area is 188 Å². The molecule has 0 fully saturated rings. The minimum atomic E-state index is -0.601. The van der Waals surface area contributed by atoms with Crippen molar-refractivity contribution < 1.29 is 18.4 Å². The number of anilines is 2. The lowest BCUT2D eigenvalue weighted by Gasteiger charge is -2.21. The van der Waals surface area contributed by atoms with Crippen LogP contribution in [0.3, 0.4) is 0 Å². The fourth-order valence-corrected chi connectivity index (χ4v) is 3.30. The van der Waals surface area contributed by atoms with Gasteiger partial charge in [0.1, 0.15) is 17.2 Å². The van der Waals surface area contributed by atoms with Gasteiger partial charge < -0.3 is 10.2 Å². The second kappa shape index (κ2) is 11.9. The number of carbonyl (C=O) groups is 2. The maximum absolute atomic E-state index is 14.3. The van der Waals surface area contributed by atoms with Gasteiger partial charge in [0.25, 0.3) is 11.8 Å². The van der Waals surface area contributed by atoms with Crippen molar-refractivity contribution in [1.29, 1.82) is 0 Å². The van der Waals surface area contributed by atoms with Crippen LogP contribution in [-0.4, -0.2) is 18.9 Å². The topological polar surface area (TPSA) is 49.4 Å². The highest BCUT2D eigenvalue weighted by Crippen LogP contribution is 2.22. The van der Waals surface area contributed by atoms with Crippen LogP contribution in [0.4, 0.5) is 20.2 Å². The summed E-state index contributed by atoms with van der Waals surface area (Å²) in [7, 11) is 1.54. The molecule has 6 heteroatoms. The van der Waals surface area contributed by atoms with Crippen LogP contribution < -0.4 is 10.2 Å². The molecule has 4 nitrogen and oxygen atoms in total. The first-order chi connectivity index (χ1) is 15.3. The molecule has 0 spiro atoms. The molecule has 170 valence electrons. The first-order valence-corrected chi connectivity index (χ1v) is 10.8. The molecule has 1 N–H and O–H groups in total. The van der Waals surface area contributed by atoms with Crippen LogP contribution in [0.15, 0.2) is 59.7 Å². The smallest absolute Gasteiger partial charge is 0.263 e. The number of hydrogen-bond acceptors (Lipinski definition) is 2. The maximum atomic E-state index is 14.3. The van der Waals surface area contributed by atoms with Crippen LogP contribution in [0.5, 0.6) is 0 Å². The molecule has 0 radical (unpaired) electrons. The Bertz CT molecular complexity index is 1010. The molecule has 0 heterocycles. The van der Waals surface area contributed by atoms with E-state index in [0.717, 1.165) is 19.3 Å². The van der Waals surface area contributed by atoms with Crippen molar-refractivity contribution in [2.24, 2.45) is 0 Å². The lowest BCUT2D eigenvalue weighted by Crippen LogP contribution is -2.34. The fraction of sp³-hybridized carbons (Fsp3) is 0.308. The van der Waals surface area contributed by atoms with Crippen LogP contribution in [0.1, 0.15) is 52.0 Å². The predicted octanol–water partition coefficient (Wildman–Crippen LogP) is 6.50. The van der Waals surface area contributed by atoms with Gasteiger partial charge in [-0.2, -0.15) is 0 Å². The Hall–Kier alpha value is -3.28. The van der Waals surface area contributed by atoms with Crippen molar-refractivity contribution in [1.82, 2.24) is 0 Å². The molecule has 0 atom stereocenters. The third-order valence-corrected chi connectivity index (χ3v) is 5.15. The maximum Gasteiger partial charge on any atom is 0.263 e. The van der Waals surface area contributed by atoms with Crippen molar-refractivity contribution in [2.45, 2.75) is 46.5 Å². The van der Waals surface area contributed by atoms with Crippen molar-refractivity contribution >= 4 is 29.3 Å². The first kappa shape index (κ1) is 25.0. The Balaban J connectivity index is 2.34. The van der Waals surface area contributed by atoms with Crippen molar-refractivity contribution in [2.75, 3.05) is 17.3 Å². The molecule has 32 heavy (non-hydrogen) atoms. The number of unbranched alkanes of at least 4 members (excludes halogenated alkanes) is 2. The van der Waals surface area contributed by atoms with Crippen LogP contribution >= 0.6 is 0 Å². The van der Waals surface area contributed by atoms with Gasteiger partial charge in [0, 0.05) is 24.0 Å². The summed E-state index contributed by atoms with van der Waals surface area (Å²) < 4.78 is 27.6. The molecule has 0 aliphatic rings. The molecule has 0 unspecified atom stereocenters. The molecule has 2 amide bonds. The van der Waals surface area contributed by atoms with Crippen LogP contribution in [0, 0.1) is 11.6 Å². The fourth-order valence-electron chi connectivity index (χ4n) is 3.30. The molecule has 0 aromatic heterocycles. The van der Waals surface area contributed by atoms with E-state index in [1.54, 1.807) is 38.1 Å². The summed E-state index contributed by atoms with van der Waals surface area (Å²) in [6, 6.07) is 9.85. The SMILES string of the molecule is C/C=C\c1ccc(NC(=O)/C(C(=O)N(C)c2ccc(F)cc2)=C(/C)CCCCC)cc1F. The lowest BCUT2D eigenvalue weighted by atomic mass is 10.0. The van der Waals surface area contributed by atoms with Gasteiger partial charge in [0.05, 0.1) is 0 Å². The van der Waals surface area contributed by atoms with E-state index in [2.05, 4.69) is 12.2 Å². The summed E-state index contributed by atoms with van der Waals surface area (Å²) in [6.45, 7) is 5.62. The molecular weight excluding hydrogens is 410 g/mol. The normalized spacial score (nSPS) is 11.9. The van der Waals surface area contributed by atoms with Gasteiger partial charge in [-0.05, 0) is 69.2 Å². The second-order valence-corrected chi connectivity index (χ2v) is 7.64. The summed E-state index contributed by atoms with van der Waals surface area (Å²) in [6.07, 6.45) is 6.78. The molecule has 2 rings (SSSR count). The van der Waals surface area contributed by atoms with E-state index in [4.69, 9.17) is 0 Å². The van der Waals surface area contributed by atoms with E-state index in [-0.39, 0.29) is 11.3 Å². The van der Waals surface area contributed by atoms with Crippen molar-refractivity contribution in [3.8, 4) is 0 Å². The molecule has 2 aromatic rings. The molecule has 0 aliphatic heterocycles. The van der Waals surface area contributed by atoms with E-state index >= 15 is 0 Å². The highest BCUT2D eigenvalue weighted by atomic mass is 19.1. The number of likely N-dealkylation sites (N-methyl/N-ethyl adjacent to an activating group) is 1. The van der Waals surface area contributed by atoms with E-state index in [1.165, 1.54) is 42.3 Å². The standard InChI is InChI=1S/C26H30F2N2O2/c1-5-7-8-10-18(3)24(26(32)30(4)22-15-12-20(27)13-16-22)25(31)29-21-14-11-19(9-6-2)23(28)17-21/h6,9,11-17H,5,7-8,10H2,1-4H3,(H,29,31)/b9-6-,24-18+. The summed E-state index contributed by atoms with van der Waals surface area (Å²) >= 11 is 0. The Kier molecular flexibility index (Phi) is 9.32. The van der Waals surface area contributed by atoms with Gasteiger partial charge in [0.15, 0.2) is 0 Å². The first-order valence-electron chi connectivity index (χ1n) is 10.8. The zero-order valence-corrected chi connectivity index (χ0v) is 19.0. The van der Waals surface area contributed by atoms with Crippen molar-refractivity contribution in [3.05, 3.63) is 76.9 Å². The monoisotopic (exact) mass is 440 g/mol. The molecule has 2 aromatic carbocycles. The predicted molar refractivity (Wildman–Crippen MR) is 126 cm³/mol. The summed E-state index contributed by atoms with van der Waals surface area (Å²) in [5.74, 6) is -1.99. The number of hydrogen-bond donors (Lipinski definition) is 1. The van der Waals surface area contributed by atoms with Crippen molar-refractivity contribution in [3.63, 3.8) is 0 Å². The summed E-state index contributed by atoms with van der Waals surface area (Å²) in [5, 5.41) is 2.65. The number of halogens is 2. The Morgan fingerprint density at radius 2 is 1.75 bits per heavy atom. The van der Waals surface area contributed by atoms with E-state index in [1.807, 2.05) is 0 Å². The second-order valence-electron chi connectivity index (χ2n) is 7.64. The van der Waals surface area contributed by atoms with Gasteiger partial charge in [0.2, 0.25) is 0 Å². The number of nitrogens with zero attached hydrogens (tertiary/aromatic N) is 1. The number of allylic oxidation sites excluding steroid dienone is 2. The quantitative estimate of drug-likeness (QED) is 0.209. The average molecular weight is 441 g/mol. The average Bonchev–Trinajstić information content (AvgIpc) is 2.76. The van der Waals surface area contributed by atoms with E-state index < -0.39 is 23.4 Å². The zero-order valence-electron chi connectivity index (χ0n) is 19.0. The third kappa shape index (κ3) is 6.61. The lowest BCUT2D eigenvalue weighted by molar-refractivity contribution is -0.119. The molecule has 0 saturated carbocycles. The molecule has 0 aliphatic carbocycles. The highest BCUT2D eigenvalue weighted by molar-refractivity contribution is 6.27. The Morgan fingerprint density at radius 1 is 1.06 bits per heavy atom. The number of carbonyl (C=O) groups excluding carboxylic acids is 2. The zero-order chi connectivity index (χ0) is 23.7. The Morgan fingerprint density at radius 3 is 2.34 bits per heavy atom. The van der Waals surface area contributed by atoms with Crippen LogP contribution in [0.2, 0.25) is 0 Å². The minimum absolute atomic E-state index is 0.00543. The van der Waals surface area contributed by atoms with Crippen LogP contribution in [-0.2, 0) is 9.59 Å². The van der Waals surface area contributed by atoms with E-state index in [9.17, 15) is 18.4 Å². The number of rotatable bonds is 9. The minimum Gasteiger partial charge on any atom is -0.322 e. The van der Waals surface area contributed by atoms with Gasteiger partial charge >= 0.3 is 0 Å². The molecule has 0 bridgehead atoms. The van der Waals surface area contributed by atoms with Gasteiger partial charge in [-0.15, -0.1) is 0 Å². The van der Waals surface area contributed by atoms with E-state index in [0.29, 0.717) is 23.2 Å². The van der Waals surface area contributed by atoms with Gasteiger partial charge in [-0.1, -0.05) is 37.5 Å². The number of benzene rings is 2. The number of amides is 2. The summed E-state index contributed by atoms with van der Waals surface area (Å²) in [5.41, 5.74) is 1.79. The number of nitrogens with one attached hydrogen (secondary N) is 1. The summed E-state index contributed by atoms with van der Waals surface area (Å²) in [4.78, 5) is 27.7. The highest BCUT2D eigenvalue weighted by Gasteiger charge is 2.25.